The monoisotopic (exact) mass is 252 g/mol. The first kappa shape index (κ1) is 13.9. The highest BCUT2D eigenvalue weighted by molar-refractivity contribution is 5.91. The molecular weight excluding hydrogens is 224 g/mol. The number of hydrogen-bond donors (Lipinski definition) is 1. The Morgan fingerprint density at radius 1 is 1.39 bits per heavy atom. The van der Waals surface area contributed by atoms with E-state index in [9.17, 15) is 4.79 Å². The summed E-state index contributed by atoms with van der Waals surface area (Å²) in [6.45, 7) is 7.68. The fraction of sp³-hybridized carbons (Fsp3) is 0.933. The van der Waals surface area contributed by atoms with Crippen LogP contribution in [0, 0.1) is 5.92 Å². The lowest BCUT2D eigenvalue weighted by atomic mass is 10.1. The molecule has 104 valence electrons. The maximum Gasteiger partial charge on any atom is 0.244 e. The normalized spacial score (nSPS) is 25.4. The SMILES string of the molecule is CCCC1NC2(CC2)C(=O)N1CCCCC(C)C. The summed E-state index contributed by atoms with van der Waals surface area (Å²) in [7, 11) is 0. The van der Waals surface area contributed by atoms with Crippen LogP contribution in [0.5, 0.6) is 0 Å². The number of amides is 1. The van der Waals surface area contributed by atoms with E-state index >= 15 is 0 Å². The van der Waals surface area contributed by atoms with Gasteiger partial charge < -0.3 is 4.90 Å². The lowest BCUT2D eigenvalue weighted by Crippen LogP contribution is -2.37. The largest absolute Gasteiger partial charge is 0.326 e. The molecule has 0 aromatic carbocycles. The first-order chi connectivity index (χ1) is 8.59. The average molecular weight is 252 g/mol. The Kier molecular flexibility index (Phi) is 4.31. The number of nitrogens with one attached hydrogen (secondary N) is 1. The molecule has 3 nitrogen and oxygen atoms in total. The first-order valence-corrected chi connectivity index (χ1v) is 7.68. The second kappa shape index (κ2) is 5.60. The number of unbranched alkanes of at least 4 members (excludes halogenated alkanes) is 1. The minimum absolute atomic E-state index is 0.127. The minimum atomic E-state index is -0.127. The van der Waals surface area contributed by atoms with Crippen molar-refractivity contribution >= 4 is 5.91 Å². The van der Waals surface area contributed by atoms with Gasteiger partial charge in [-0.1, -0.05) is 40.0 Å². The van der Waals surface area contributed by atoms with Crippen LogP contribution in [0.15, 0.2) is 0 Å². The van der Waals surface area contributed by atoms with Gasteiger partial charge in [-0.2, -0.15) is 0 Å². The Balaban J connectivity index is 1.82. The molecule has 1 atom stereocenters. The van der Waals surface area contributed by atoms with Gasteiger partial charge in [-0.05, 0) is 31.6 Å². The van der Waals surface area contributed by atoms with E-state index in [0.29, 0.717) is 12.1 Å². The third kappa shape index (κ3) is 2.87. The van der Waals surface area contributed by atoms with E-state index in [-0.39, 0.29) is 5.54 Å². The number of nitrogens with zero attached hydrogens (tertiary/aromatic N) is 1. The zero-order valence-electron chi connectivity index (χ0n) is 12.2. The first-order valence-electron chi connectivity index (χ1n) is 7.68. The molecule has 0 aromatic rings. The van der Waals surface area contributed by atoms with Gasteiger partial charge in [0.15, 0.2) is 0 Å². The maximum atomic E-state index is 12.4. The molecule has 1 aliphatic heterocycles. The van der Waals surface area contributed by atoms with Crippen molar-refractivity contribution in [2.75, 3.05) is 6.54 Å². The summed E-state index contributed by atoms with van der Waals surface area (Å²) < 4.78 is 0. The van der Waals surface area contributed by atoms with E-state index in [4.69, 9.17) is 0 Å². The van der Waals surface area contributed by atoms with Gasteiger partial charge in [0, 0.05) is 6.54 Å². The van der Waals surface area contributed by atoms with Gasteiger partial charge in [0.25, 0.3) is 0 Å². The molecule has 0 aromatic heterocycles. The van der Waals surface area contributed by atoms with Crippen LogP contribution in [0.3, 0.4) is 0 Å². The number of carbonyl (C=O) groups excluding carboxylic acids is 1. The van der Waals surface area contributed by atoms with Gasteiger partial charge >= 0.3 is 0 Å². The lowest BCUT2D eigenvalue weighted by molar-refractivity contribution is -0.130. The second-order valence-electron chi connectivity index (χ2n) is 6.42. The second-order valence-corrected chi connectivity index (χ2v) is 6.42. The van der Waals surface area contributed by atoms with Crippen molar-refractivity contribution in [3.63, 3.8) is 0 Å². The van der Waals surface area contributed by atoms with Crippen LogP contribution in [0.25, 0.3) is 0 Å². The molecule has 18 heavy (non-hydrogen) atoms. The Morgan fingerprint density at radius 3 is 2.67 bits per heavy atom. The van der Waals surface area contributed by atoms with Crippen LogP contribution in [-0.2, 0) is 4.79 Å². The molecule has 1 unspecified atom stereocenters. The van der Waals surface area contributed by atoms with Crippen molar-refractivity contribution in [1.29, 1.82) is 0 Å². The maximum absolute atomic E-state index is 12.4. The van der Waals surface area contributed by atoms with Crippen LogP contribution >= 0.6 is 0 Å². The van der Waals surface area contributed by atoms with E-state index in [1.54, 1.807) is 0 Å². The van der Waals surface area contributed by atoms with Gasteiger partial charge in [-0.25, -0.2) is 0 Å². The molecular formula is C15H28N2O. The summed E-state index contributed by atoms with van der Waals surface area (Å²) in [6, 6.07) is 0. The predicted octanol–water partition coefficient (Wildman–Crippen LogP) is 2.90. The van der Waals surface area contributed by atoms with E-state index in [1.165, 1.54) is 12.8 Å². The summed E-state index contributed by atoms with van der Waals surface area (Å²) in [5, 5.41) is 3.57. The molecule has 2 fully saturated rings. The summed E-state index contributed by atoms with van der Waals surface area (Å²) in [5.41, 5.74) is -0.127. The summed E-state index contributed by atoms with van der Waals surface area (Å²) in [5.74, 6) is 1.16. The van der Waals surface area contributed by atoms with Gasteiger partial charge in [0.05, 0.1) is 11.7 Å². The summed E-state index contributed by atoms with van der Waals surface area (Å²) >= 11 is 0. The van der Waals surface area contributed by atoms with E-state index < -0.39 is 0 Å². The topological polar surface area (TPSA) is 32.3 Å². The number of rotatable bonds is 7. The van der Waals surface area contributed by atoms with Gasteiger partial charge in [-0.15, -0.1) is 0 Å². The number of carbonyl (C=O) groups is 1. The van der Waals surface area contributed by atoms with Gasteiger partial charge in [-0.3, -0.25) is 10.1 Å². The van der Waals surface area contributed by atoms with Crippen molar-refractivity contribution < 1.29 is 4.79 Å². The number of hydrogen-bond acceptors (Lipinski definition) is 2. The van der Waals surface area contributed by atoms with Crippen molar-refractivity contribution in [1.82, 2.24) is 10.2 Å². The van der Waals surface area contributed by atoms with Crippen molar-refractivity contribution in [3.05, 3.63) is 0 Å². The van der Waals surface area contributed by atoms with Crippen LogP contribution in [0.2, 0.25) is 0 Å². The standard InChI is InChI=1S/C15H28N2O/c1-4-7-13-16-15(9-10-15)14(18)17(13)11-6-5-8-12(2)3/h12-13,16H,4-11H2,1-3H3. The van der Waals surface area contributed by atoms with Crippen LogP contribution in [0.4, 0.5) is 0 Å². The Hall–Kier alpha value is -0.570. The molecule has 2 aliphatic rings. The third-order valence-electron chi connectivity index (χ3n) is 4.23. The highest BCUT2D eigenvalue weighted by Crippen LogP contribution is 2.42. The highest BCUT2D eigenvalue weighted by Gasteiger charge is 2.58. The molecule has 1 N–H and O–H groups in total. The zero-order valence-corrected chi connectivity index (χ0v) is 12.2. The molecule has 0 radical (unpaired) electrons. The highest BCUT2D eigenvalue weighted by atomic mass is 16.2. The Morgan fingerprint density at radius 2 is 2.11 bits per heavy atom. The molecule has 1 heterocycles. The van der Waals surface area contributed by atoms with Crippen molar-refractivity contribution in [3.8, 4) is 0 Å². The summed E-state index contributed by atoms with van der Waals surface area (Å²) in [6.07, 6.45) is 8.32. The fourth-order valence-corrected chi connectivity index (χ4v) is 2.95. The quantitative estimate of drug-likeness (QED) is 0.707. The molecule has 1 saturated carbocycles. The van der Waals surface area contributed by atoms with Gasteiger partial charge in [0.1, 0.15) is 0 Å². The Labute approximate surface area is 111 Å². The average Bonchev–Trinajstić information content (AvgIpc) is 3.03. The molecule has 3 heteroatoms. The molecule has 1 amide bonds. The smallest absolute Gasteiger partial charge is 0.244 e. The minimum Gasteiger partial charge on any atom is -0.326 e. The van der Waals surface area contributed by atoms with Crippen molar-refractivity contribution in [2.24, 2.45) is 5.92 Å². The third-order valence-corrected chi connectivity index (χ3v) is 4.23. The Bertz CT molecular complexity index is 297. The van der Waals surface area contributed by atoms with E-state index in [0.717, 1.165) is 44.6 Å². The van der Waals surface area contributed by atoms with Crippen LogP contribution in [0.1, 0.15) is 65.7 Å². The molecule has 1 saturated heterocycles. The van der Waals surface area contributed by atoms with E-state index in [2.05, 4.69) is 31.0 Å². The predicted molar refractivity (Wildman–Crippen MR) is 74.2 cm³/mol. The molecule has 2 rings (SSSR count). The van der Waals surface area contributed by atoms with Gasteiger partial charge in [0.2, 0.25) is 5.91 Å². The molecule has 1 spiro atoms. The van der Waals surface area contributed by atoms with Crippen LogP contribution in [-0.4, -0.2) is 29.1 Å². The fourth-order valence-electron chi connectivity index (χ4n) is 2.95. The van der Waals surface area contributed by atoms with Crippen LogP contribution < -0.4 is 5.32 Å². The van der Waals surface area contributed by atoms with E-state index in [1.807, 2.05) is 0 Å². The molecule has 1 aliphatic carbocycles. The van der Waals surface area contributed by atoms with Crippen molar-refractivity contribution in [2.45, 2.75) is 77.4 Å². The molecule has 0 bridgehead atoms. The summed E-state index contributed by atoms with van der Waals surface area (Å²) in [4.78, 5) is 14.5. The lowest BCUT2D eigenvalue weighted by Gasteiger charge is -2.24. The zero-order chi connectivity index (χ0) is 13.2.